The normalized spacial score (nSPS) is 17.9. The van der Waals surface area contributed by atoms with Crippen molar-refractivity contribution in [3.63, 3.8) is 0 Å². The van der Waals surface area contributed by atoms with Crippen LogP contribution in [0.15, 0.2) is 24.3 Å². The number of benzene rings is 1. The lowest BCUT2D eigenvalue weighted by molar-refractivity contribution is 0.229. The zero-order valence-electron chi connectivity index (χ0n) is 8.87. The summed E-state index contributed by atoms with van der Waals surface area (Å²) in [5.74, 6) is 0. The second kappa shape index (κ2) is 4.04. The maximum absolute atomic E-state index is 8.87. The Balaban J connectivity index is 2.31. The molecule has 0 aliphatic heterocycles. The van der Waals surface area contributed by atoms with Crippen LogP contribution in [0.3, 0.4) is 0 Å². The summed E-state index contributed by atoms with van der Waals surface area (Å²) >= 11 is 0. The molecular weight excluding hydrogens is 184 g/mol. The van der Waals surface area contributed by atoms with E-state index in [0.29, 0.717) is 0 Å². The van der Waals surface area contributed by atoms with Crippen molar-refractivity contribution in [2.75, 3.05) is 6.54 Å². The fraction of sp³-hybridized carbons (Fsp3) is 0.462. The molecule has 2 rings (SSSR count). The molecule has 2 N–H and O–H groups in total. The van der Waals surface area contributed by atoms with Crippen molar-refractivity contribution in [1.29, 1.82) is 5.26 Å². The molecule has 2 heteroatoms. The van der Waals surface area contributed by atoms with Crippen LogP contribution >= 0.6 is 0 Å². The first-order valence-electron chi connectivity index (χ1n) is 5.51. The third-order valence-corrected chi connectivity index (χ3v) is 3.54. The Hall–Kier alpha value is -1.33. The minimum absolute atomic E-state index is 0.279. The van der Waals surface area contributed by atoms with Crippen molar-refractivity contribution in [2.24, 2.45) is 5.73 Å². The average Bonchev–Trinajstić information content (AvgIpc) is 2.23. The summed E-state index contributed by atoms with van der Waals surface area (Å²) in [5.41, 5.74) is 8.01. The van der Waals surface area contributed by atoms with Crippen molar-refractivity contribution in [3.05, 3.63) is 35.4 Å². The van der Waals surface area contributed by atoms with Crippen LogP contribution in [0.2, 0.25) is 0 Å². The first-order valence-corrected chi connectivity index (χ1v) is 5.51. The average molecular weight is 200 g/mol. The molecule has 1 saturated carbocycles. The van der Waals surface area contributed by atoms with E-state index in [4.69, 9.17) is 11.0 Å². The van der Waals surface area contributed by atoms with Crippen LogP contribution in [0.5, 0.6) is 0 Å². The maximum atomic E-state index is 8.87. The molecule has 0 unspecified atom stereocenters. The predicted molar refractivity (Wildman–Crippen MR) is 60.4 cm³/mol. The van der Waals surface area contributed by atoms with Gasteiger partial charge in [0.15, 0.2) is 0 Å². The van der Waals surface area contributed by atoms with E-state index in [0.717, 1.165) is 18.5 Å². The second-order valence-electron chi connectivity index (χ2n) is 4.37. The van der Waals surface area contributed by atoms with Crippen molar-refractivity contribution in [2.45, 2.75) is 31.1 Å². The molecule has 15 heavy (non-hydrogen) atoms. The molecule has 1 aromatic carbocycles. The monoisotopic (exact) mass is 200 g/mol. The number of nitrogens with two attached hydrogens (primary N) is 1. The molecule has 1 aliphatic carbocycles. The fourth-order valence-electron chi connectivity index (χ4n) is 2.48. The Morgan fingerprint density at radius 3 is 2.73 bits per heavy atom. The SMILES string of the molecule is N#Cc1cccc(C2(CCN)CCC2)c1. The van der Waals surface area contributed by atoms with Crippen molar-refractivity contribution in [1.82, 2.24) is 0 Å². The summed E-state index contributed by atoms with van der Waals surface area (Å²) in [7, 11) is 0. The van der Waals surface area contributed by atoms with Crippen LogP contribution in [0, 0.1) is 11.3 Å². The van der Waals surface area contributed by atoms with Gasteiger partial charge in [-0.15, -0.1) is 0 Å². The van der Waals surface area contributed by atoms with Gasteiger partial charge in [0.2, 0.25) is 0 Å². The van der Waals surface area contributed by atoms with Gasteiger partial charge in [-0.05, 0) is 48.9 Å². The van der Waals surface area contributed by atoms with Gasteiger partial charge in [0, 0.05) is 0 Å². The lowest BCUT2D eigenvalue weighted by Crippen LogP contribution is -2.36. The van der Waals surface area contributed by atoms with E-state index in [9.17, 15) is 0 Å². The Morgan fingerprint density at radius 1 is 1.40 bits per heavy atom. The first-order chi connectivity index (χ1) is 7.30. The highest BCUT2D eigenvalue weighted by Crippen LogP contribution is 2.46. The van der Waals surface area contributed by atoms with E-state index < -0.39 is 0 Å². The first kappa shape index (κ1) is 10.2. The summed E-state index contributed by atoms with van der Waals surface area (Å²) in [6.45, 7) is 0.733. The molecule has 0 heterocycles. The van der Waals surface area contributed by atoms with E-state index in [1.54, 1.807) is 0 Å². The van der Waals surface area contributed by atoms with Gasteiger partial charge >= 0.3 is 0 Å². The van der Waals surface area contributed by atoms with E-state index in [-0.39, 0.29) is 5.41 Å². The summed E-state index contributed by atoms with van der Waals surface area (Å²) in [6.07, 6.45) is 4.77. The molecule has 0 atom stereocenters. The van der Waals surface area contributed by atoms with Crippen molar-refractivity contribution in [3.8, 4) is 6.07 Å². The Labute approximate surface area is 90.7 Å². The van der Waals surface area contributed by atoms with Gasteiger partial charge in [0.25, 0.3) is 0 Å². The number of rotatable bonds is 3. The number of nitriles is 1. The molecule has 0 bridgehead atoms. The van der Waals surface area contributed by atoms with Gasteiger partial charge in [-0.2, -0.15) is 5.26 Å². The zero-order chi connectivity index (χ0) is 10.7. The summed E-state index contributed by atoms with van der Waals surface area (Å²) in [6, 6.07) is 10.2. The Bertz CT molecular complexity index is 386. The van der Waals surface area contributed by atoms with Gasteiger partial charge in [-0.3, -0.25) is 0 Å². The van der Waals surface area contributed by atoms with Crippen LogP contribution in [0.25, 0.3) is 0 Å². The topological polar surface area (TPSA) is 49.8 Å². The molecule has 0 aromatic heterocycles. The van der Waals surface area contributed by atoms with Crippen LogP contribution in [0.4, 0.5) is 0 Å². The molecule has 0 saturated heterocycles. The molecule has 1 aromatic rings. The smallest absolute Gasteiger partial charge is 0.0991 e. The molecule has 1 aliphatic rings. The number of hydrogen-bond donors (Lipinski definition) is 1. The minimum atomic E-state index is 0.279. The van der Waals surface area contributed by atoms with E-state index in [1.165, 1.54) is 24.8 Å². The summed E-state index contributed by atoms with van der Waals surface area (Å²) in [4.78, 5) is 0. The number of nitrogens with zero attached hydrogens (tertiary/aromatic N) is 1. The maximum Gasteiger partial charge on any atom is 0.0991 e. The minimum Gasteiger partial charge on any atom is -0.330 e. The molecule has 0 amide bonds. The van der Waals surface area contributed by atoms with Crippen molar-refractivity contribution < 1.29 is 0 Å². The largest absolute Gasteiger partial charge is 0.330 e. The van der Waals surface area contributed by atoms with Crippen LogP contribution in [0.1, 0.15) is 36.8 Å². The van der Waals surface area contributed by atoms with Crippen LogP contribution < -0.4 is 5.73 Å². The van der Waals surface area contributed by atoms with Gasteiger partial charge < -0.3 is 5.73 Å². The second-order valence-corrected chi connectivity index (χ2v) is 4.37. The lowest BCUT2D eigenvalue weighted by atomic mass is 9.62. The van der Waals surface area contributed by atoms with Crippen LogP contribution in [-0.2, 0) is 5.41 Å². The molecule has 1 fully saturated rings. The lowest BCUT2D eigenvalue weighted by Gasteiger charge is -2.42. The third-order valence-electron chi connectivity index (χ3n) is 3.54. The summed E-state index contributed by atoms with van der Waals surface area (Å²) in [5, 5.41) is 8.87. The molecule has 0 radical (unpaired) electrons. The molecular formula is C13H16N2. The summed E-state index contributed by atoms with van der Waals surface area (Å²) < 4.78 is 0. The third kappa shape index (κ3) is 1.75. The standard InChI is InChI=1S/C13H16N2/c14-8-7-13(5-2-6-13)12-4-1-3-11(9-12)10-15/h1,3-4,9H,2,5-8,14H2. The Morgan fingerprint density at radius 2 is 2.20 bits per heavy atom. The number of hydrogen-bond acceptors (Lipinski definition) is 2. The quantitative estimate of drug-likeness (QED) is 0.814. The van der Waals surface area contributed by atoms with Gasteiger partial charge in [0.1, 0.15) is 0 Å². The highest BCUT2D eigenvalue weighted by molar-refractivity contribution is 5.37. The fourth-order valence-corrected chi connectivity index (χ4v) is 2.48. The van der Waals surface area contributed by atoms with E-state index in [1.807, 2.05) is 18.2 Å². The van der Waals surface area contributed by atoms with E-state index in [2.05, 4.69) is 12.1 Å². The predicted octanol–water partition coefficient (Wildman–Crippen LogP) is 2.33. The zero-order valence-corrected chi connectivity index (χ0v) is 8.87. The van der Waals surface area contributed by atoms with E-state index >= 15 is 0 Å². The van der Waals surface area contributed by atoms with Crippen molar-refractivity contribution >= 4 is 0 Å². The molecule has 78 valence electrons. The van der Waals surface area contributed by atoms with Gasteiger partial charge in [-0.25, -0.2) is 0 Å². The van der Waals surface area contributed by atoms with Gasteiger partial charge in [-0.1, -0.05) is 18.6 Å². The van der Waals surface area contributed by atoms with Crippen LogP contribution in [-0.4, -0.2) is 6.54 Å². The molecule has 2 nitrogen and oxygen atoms in total. The van der Waals surface area contributed by atoms with Gasteiger partial charge in [0.05, 0.1) is 11.6 Å². The highest BCUT2D eigenvalue weighted by atomic mass is 14.6. The highest BCUT2D eigenvalue weighted by Gasteiger charge is 2.37. The molecule has 0 spiro atoms. The Kier molecular flexibility index (Phi) is 2.75.